The summed E-state index contributed by atoms with van der Waals surface area (Å²) in [6.45, 7) is 7.40. The zero-order chi connectivity index (χ0) is 19.3. The van der Waals surface area contributed by atoms with Gasteiger partial charge in [-0.1, -0.05) is 43.7 Å². The van der Waals surface area contributed by atoms with Crippen LogP contribution in [0.3, 0.4) is 0 Å². The second-order valence-electron chi connectivity index (χ2n) is 7.53. The minimum atomic E-state index is -0.755. The molecular weight excluding hydrogens is 342 g/mol. The minimum Gasteiger partial charge on any atom is -0.421 e. The van der Waals surface area contributed by atoms with Gasteiger partial charge in [0.2, 0.25) is 17.7 Å². The fourth-order valence-electron chi connectivity index (χ4n) is 3.30. The molecule has 2 N–H and O–H groups in total. The first kappa shape index (κ1) is 19.5. The Bertz CT molecular complexity index is 744. The highest BCUT2D eigenvalue weighted by Crippen LogP contribution is 2.22. The van der Waals surface area contributed by atoms with Crippen LogP contribution in [0.25, 0.3) is 0 Å². The van der Waals surface area contributed by atoms with Crippen LogP contribution >= 0.6 is 0 Å². The van der Waals surface area contributed by atoms with Gasteiger partial charge in [0.05, 0.1) is 18.6 Å². The Kier molecular flexibility index (Phi) is 6.23. The molecule has 2 aromatic rings. The van der Waals surface area contributed by atoms with Gasteiger partial charge in [0.25, 0.3) is 0 Å². The van der Waals surface area contributed by atoms with Gasteiger partial charge in [-0.15, -0.1) is 10.2 Å². The molecule has 1 fully saturated rings. The summed E-state index contributed by atoms with van der Waals surface area (Å²) in [5.74, 6) is 0.942. The highest BCUT2D eigenvalue weighted by Gasteiger charge is 2.30. The third kappa shape index (κ3) is 5.14. The number of piperazine rings is 1. The zero-order valence-electron chi connectivity index (χ0n) is 16.2. The third-order valence-electron chi connectivity index (χ3n) is 4.92. The Morgan fingerprint density at radius 3 is 2.70 bits per heavy atom. The summed E-state index contributed by atoms with van der Waals surface area (Å²) in [7, 11) is 0. The van der Waals surface area contributed by atoms with Gasteiger partial charge in [-0.2, -0.15) is 0 Å². The lowest BCUT2D eigenvalue weighted by Crippen LogP contribution is -2.50. The van der Waals surface area contributed by atoms with E-state index >= 15 is 0 Å². The van der Waals surface area contributed by atoms with E-state index in [1.165, 1.54) is 0 Å². The van der Waals surface area contributed by atoms with E-state index in [2.05, 4.69) is 22.0 Å². The molecule has 1 aliphatic rings. The van der Waals surface area contributed by atoms with Gasteiger partial charge < -0.3 is 15.1 Å². The SMILES string of the molecule is CCCCN1CCN(Cc2nnc([C@](C)(N)Cc3ccccc3)o2)C(=O)C1. The maximum atomic E-state index is 12.4. The minimum absolute atomic E-state index is 0.108. The number of unbranched alkanes of at least 4 members (excludes halogenated alkanes) is 1. The van der Waals surface area contributed by atoms with Crippen LogP contribution in [0, 0.1) is 0 Å². The molecule has 7 nitrogen and oxygen atoms in total. The second-order valence-corrected chi connectivity index (χ2v) is 7.53. The standard InChI is InChI=1S/C20H29N5O2/c1-3-4-10-24-11-12-25(18(26)15-24)14-17-22-23-19(27-17)20(2,21)13-16-8-6-5-7-9-16/h5-9H,3-4,10-15,21H2,1-2H3/t20-/m1/s1. The van der Waals surface area contributed by atoms with Crippen LogP contribution in [0.1, 0.15) is 44.0 Å². The van der Waals surface area contributed by atoms with Gasteiger partial charge >= 0.3 is 0 Å². The Morgan fingerprint density at radius 1 is 1.22 bits per heavy atom. The number of carbonyl (C=O) groups is 1. The summed E-state index contributed by atoms with van der Waals surface area (Å²) in [6, 6.07) is 9.99. The van der Waals surface area contributed by atoms with Gasteiger partial charge in [-0.05, 0) is 31.9 Å². The molecule has 0 aliphatic carbocycles. The molecule has 3 rings (SSSR count). The number of rotatable bonds is 8. The molecule has 0 spiro atoms. The summed E-state index contributed by atoms with van der Waals surface area (Å²) in [5, 5.41) is 8.26. The Labute approximate surface area is 160 Å². The van der Waals surface area contributed by atoms with Crippen molar-refractivity contribution >= 4 is 5.91 Å². The van der Waals surface area contributed by atoms with E-state index < -0.39 is 5.54 Å². The van der Waals surface area contributed by atoms with Crippen LogP contribution < -0.4 is 5.73 Å². The zero-order valence-corrected chi connectivity index (χ0v) is 16.2. The van der Waals surface area contributed by atoms with Crippen LogP contribution in [0.15, 0.2) is 34.7 Å². The van der Waals surface area contributed by atoms with Crippen LogP contribution in [0.5, 0.6) is 0 Å². The molecule has 0 bridgehead atoms. The number of amides is 1. The maximum Gasteiger partial charge on any atom is 0.237 e. The summed E-state index contributed by atoms with van der Waals surface area (Å²) >= 11 is 0. The van der Waals surface area contributed by atoms with Gasteiger partial charge in [0.1, 0.15) is 0 Å². The van der Waals surface area contributed by atoms with E-state index in [1.54, 1.807) is 4.90 Å². The topological polar surface area (TPSA) is 88.5 Å². The second kappa shape index (κ2) is 8.63. The number of nitrogens with two attached hydrogens (primary N) is 1. The normalized spacial score (nSPS) is 17.9. The van der Waals surface area contributed by atoms with Crippen molar-refractivity contribution in [1.29, 1.82) is 0 Å². The average Bonchev–Trinajstić information content (AvgIpc) is 3.12. The van der Waals surface area contributed by atoms with E-state index in [1.807, 2.05) is 37.3 Å². The van der Waals surface area contributed by atoms with Crippen molar-refractivity contribution < 1.29 is 9.21 Å². The van der Waals surface area contributed by atoms with E-state index in [0.717, 1.165) is 31.5 Å². The molecule has 1 aromatic heterocycles. The first-order valence-corrected chi connectivity index (χ1v) is 9.64. The molecule has 7 heteroatoms. The highest BCUT2D eigenvalue weighted by molar-refractivity contribution is 5.78. The van der Waals surface area contributed by atoms with Crippen molar-refractivity contribution in [3.05, 3.63) is 47.7 Å². The number of carbonyl (C=O) groups excluding carboxylic acids is 1. The molecule has 0 radical (unpaired) electrons. The van der Waals surface area contributed by atoms with E-state index in [0.29, 0.717) is 37.8 Å². The number of benzene rings is 1. The number of nitrogens with zero attached hydrogens (tertiary/aromatic N) is 4. The first-order valence-electron chi connectivity index (χ1n) is 9.64. The quantitative estimate of drug-likeness (QED) is 0.763. The molecule has 1 atom stereocenters. The fourth-order valence-corrected chi connectivity index (χ4v) is 3.30. The summed E-state index contributed by atoms with van der Waals surface area (Å²) in [6.07, 6.45) is 2.86. The van der Waals surface area contributed by atoms with Crippen molar-refractivity contribution in [1.82, 2.24) is 20.0 Å². The smallest absolute Gasteiger partial charge is 0.237 e. The van der Waals surface area contributed by atoms with Crippen LogP contribution in [-0.2, 0) is 23.3 Å². The molecule has 0 unspecified atom stereocenters. The monoisotopic (exact) mass is 371 g/mol. The summed E-state index contributed by atoms with van der Waals surface area (Å²) < 4.78 is 5.81. The molecule has 0 saturated carbocycles. The molecule has 2 heterocycles. The lowest BCUT2D eigenvalue weighted by Gasteiger charge is -2.33. The van der Waals surface area contributed by atoms with Gasteiger partial charge in [-0.3, -0.25) is 9.69 Å². The molecule has 1 aliphatic heterocycles. The molecular formula is C20H29N5O2. The Balaban J connectivity index is 1.58. The van der Waals surface area contributed by atoms with E-state index in [4.69, 9.17) is 10.2 Å². The molecule has 1 saturated heterocycles. The highest BCUT2D eigenvalue weighted by atomic mass is 16.4. The predicted molar refractivity (Wildman–Crippen MR) is 103 cm³/mol. The molecule has 1 aromatic carbocycles. The van der Waals surface area contributed by atoms with Crippen molar-refractivity contribution in [2.75, 3.05) is 26.2 Å². The summed E-state index contributed by atoms with van der Waals surface area (Å²) in [5.41, 5.74) is 6.78. The van der Waals surface area contributed by atoms with Crippen molar-refractivity contribution in [2.45, 2.75) is 45.2 Å². The predicted octanol–water partition coefficient (Wildman–Crippen LogP) is 1.93. The van der Waals surface area contributed by atoms with E-state index in [9.17, 15) is 4.79 Å². The van der Waals surface area contributed by atoms with Gasteiger partial charge in [0, 0.05) is 13.1 Å². The third-order valence-corrected chi connectivity index (χ3v) is 4.92. The Morgan fingerprint density at radius 2 is 2.00 bits per heavy atom. The van der Waals surface area contributed by atoms with Crippen LogP contribution in [0.4, 0.5) is 0 Å². The van der Waals surface area contributed by atoms with Crippen molar-refractivity contribution in [3.8, 4) is 0 Å². The first-order chi connectivity index (χ1) is 13.0. The number of hydrogen-bond donors (Lipinski definition) is 1. The maximum absolute atomic E-state index is 12.4. The van der Waals surface area contributed by atoms with Crippen molar-refractivity contribution in [2.24, 2.45) is 5.73 Å². The summed E-state index contributed by atoms with van der Waals surface area (Å²) in [4.78, 5) is 16.4. The van der Waals surface area contributed by atoms with Crippen LogP contribution in [0.2, 0.25) is 0 Å². The number of hydrogen-bond acceptors (Lipinski definition) is 6. The largest absolute Gasteiger partial charge is 0.421 e. The molecule has 1 amide bonds. The fraction of sp³-hybridized carbons (Fsp3) is 0.550. The Hall–Kier alpha value is -2.25. The number of aromatic nitrogens is 2. The van der Waals surface area contributed by atoms with Crippen LogP contribution in [-0.4, -0.2) is 52.1 Å². The van der Waals surface area contributed by atoms with Crippen molar-refractivity contribution in [3.63, 3.8) is 0 Å². The van der Waals surface area contributed by atoms with Gasteiger partial charge in [0.15, 0.2) is 0 Å². The molecule has 146 valence electrons. The van der Waals surface area contributed by atoms with Gasteiger partial charge in [-0.25, -0.2) is 0 Å². The average molecular weight is 371 g/mol. The van der Waals surface area contributed by atoms with E-state index in [-0.39, 0.29) is 5.91 Å². The molecule has 27 heavy (non-hydrogen) atoms. The lowest BCUT2D eigenvalue weighted by molar-refractivity contribution is -0.137. The lowest BCUT2D eigenvalue weighted by atomic mass is 9.94.